The minimum atomic E-state index is 0.217. The lowest BCUT2D eigenvalue weighted by molar-refractivity contribution is -0.0845. The molecule has 1 heterocycles. The molecule has 0 spiro atoms. The average Bonchev–Trinajstić information content (AvgIpc) is 2.39. The summed E-state index contributed by atoms with van der Waals surface area (Å²) in [5.41, 5.74) is 5.72. The molecule has 1 saturated heterocycles. The lowest BCUT2D eigenvalue weighted by Gasteiger charge is -2.45. The van der Waals surface area contributed by atoms with Crippen LogP contribution in [0.25, 0.3) is 0 Å². The Morgan fingerprint density at radius 3 is 2.94 bits per heavy atom. The summed E-state index contributed by atoms with van der Waals surface area (Å²) < 4.78 is 11.2. The molecule has 0 radical (unpaired) electrons. The largest absolute Gasteiger partial charge is 0.381 e. The van der Waals surface area contributed by atoms with E-state index in [9.17, 15) is 0 Å². The van der Waals surface area contributed by atoms with Gasteiger partial charge in [0, 0.05) is 32.3 Å². The second kappa shape index (κ2) is 6.14. The van der Waals surface area contributed by atoms with Gasteiger partial charge in [0.25, 0.3) is 0 Å². The molecule has 1 aliphatic heterocycles. The topological polar surface area (TPSA) is 47.7 Å². The van der Waals surface area contributed by atoms with Crippen LogP contribution in [-0.2, 0) is 9.47 Å². The number of nitrogens with two attached hydrogens (primary N) is 1. The van der Waals surface area contributed by atoms with E-state index in [1.165, 1.54) is 19.3 Å². The maximum absolute atomic E-state index is 5.72. The van der Waals surface area contributed by atoms with Crippen molar-refractivity contribution in [3.63, 3.8) is 0 Å². The Kier molecular flexibility index (Phi) is 4.79. The predicted octanol–water partition coefficient (Wildman–Crippen LogP) is 0.992. The second-order valence-electron chi connectivity index (χ2n) is 5.41. The number of hydrogen-bond acceptors (Lipinski definition) is 4. The zero-order valence-corrected chi connectivity index (χ0v) is 11.1. The minimum absolute atomic E-state index is 0.217. The number of ether oxygens (including phenoxy) is 2. The summed E-state index contributed by atoms with van der Waals surface area (Å²) in [4.78, 5) is 2.59. The molecule has 4 atom stereocenters. The average molecular weight is 242 g/mol. The Hall–Kier alpha value is -0.160. The number of hydrogen-bond donors (Lipinski definition) is 1. The molecule has 2 aliphatic rings. The van der Waals surface area contributed by atoms with Crippen molar-refractivity contribution in [3.8, 4) is 0 Å². The Morgan fingerprint density at radius 1 is 1.41 bits per heavy atom. The van der Waals surface area contributed by atoms with Gasteiger partial charge in [-0.2, -0.15) is 0 Å². The van der Waals surface area contributed by atoms with Crippen LogP contribution in [0.4, 0.5) is 0 Å². The van der Waals surface area contributed by atoms with Crippen LogP contribution in [0.15, 0.2) is 0 Å². The van der Waals surface area contributed by atoms with Crippen molar-refractivity contribution in [2.24, 2.45) is 5.73 Å². The van der Waals surface area contributed by atoms with Crippen LogP contribution in [0, 0.1) is 0 Å². The quantitative estimate of drug-likeness (QED) is 0.802. The maximum atomic E-state index is 5.72. The molecule has 17 heavy (non-hydrogen) atoms. The molecule has 0 amide bonds. The lowest BCUT2D eigenvalue weighted by Crippen LogP contribution is -2.55. The minimum Gasteiger partial charge on any atom is -0.381 e. The Morgan fingerprint density at radius 2 is 2.24 bits per heavy atom. The second-order valence-corrected chi connectivity index (χ2v) is 5.41. The Labute approximate surface area is 104 Å². The zero-order valence-electron chi connectivity index (χ0n) is 11.1. The van der Waals surface area contributed by atoms with E-state index in [2.05, 4.69) is 11.8 Å². The van der Waals surface area contributed by atoms with Gasteiger partial charge in [-0.1, -0.05) is 0 Å². The van der Waals surface area contributed by atoms with Crippen molar-refractivity contribution < 1.29 is 9.47 Å². The number of morpholine rings is 1. The van der Waals surface area contributed by atoms with Gasteiger partial charge in [0.1, 0.15) is 0 Å². The molecule has 1 saturated carbocycles. The summed E-state index contributed by atoms with van der Waals surface area (Å²) >= 11 is 0. The number of methoxy groups -OCH3 is 1. The first kappa shape index (κ1) is 13.3. The molecule has 1 aliphatic carbocycles. The molecular weight excluding hydrogens is 216 g/mol. The highest BCUT2D eigenvalue weighted by molar-refractivity contribution is 4.87. The standard InChI is InChI=1S/C13H26N2O2/c1-10-9-17-13(7-14)8-15(10)11-4-3-5-12(6-11)16-2/h10-13H,3-9,14H2,1-2H3. The van der Waals surface area contributed by atoms with E-state index in [0.29, 0.717) is 24.7 Å². The van der Waals surface area contributed by atoms with Gasteiger partial charge in [0.05, 0.1) is 18.8 Å². The zero-order chi connectivity index (χ0) is 12.3. The maximum Gasteiger partial charge on any atom is 0.0824 e. The molecule has 2 fully saturated rings. The van der Waals surface area contributed by atoms with Gasteiger partial charge in [-0.3, -0.25) is 4.90 Å². The van der Waals surface area contributed by atoms with E-state index in [1.54, 1.807) is 0 Å². The van der Waals surface area contributed by atoms with Gasteiger partial charge < -0.3 is 15.2 Å². The van der Waals surface area contributed by atoms with Crippen LogP contribution < -0.4 is 5.73 Å². The third-order valence-corrected chi connectivity index (χ3v) is 4.22. The lowest BCUT2D eigenvalue weighted by atomic mass is 9.90. The molecular formula is C13H26N2O2. The van der Waals surface area contributed by atoms with Crippen LogP contribution in [-0.4, -0.2) is 56.0 Å². The Balaban J connectivity index is 1.94. The number of nitrogens with zero attached hydrogens (tertiary/aromatic N) is 1. The summed E-state index contributed by atoms with van der Waals surface area (Å²) in [7, 11) is 1.83. The van der Waals surface area contributed by atoms with Gasteiger partial charge in [0.15, 0.2) is 0 Å². The van der Waals surface area contributed by atoms with E-state index in [0.717, 1.165) is 19.6 Å². The van der Waals surface area contributed by atoms with E-state index in [4.69, 9.17) is 15.2 Å². The van der Waals surface area contributed by atoms with Gasteiger partial charge in [-0.05, 0) is 32.6 Å². The monoisotopic (exact) mass is 242 g/mol. The van der Waals surface area contributed by atoms with E-state index in [1.807, 2.05) is 7.11 Å². The SMILES string of the molecule is COC1CCCC(N2CC(CN)OCC2C)C1. The molecule has 0 aromatic rings. The first-order valence-corrected chi connectivity index (χ1v) is 6.84. The first-order valence-electron chi connectivity index (χ1n) is 6.84. The normalized spacial score (nSPS) is 40.4. The Bertz CT molecular complexity index is 237. The smallest absolute Gasteiger partial charge is 0.0824 e. The fraction of sp³-hybridized carbons (Fsp3) is 1.00. The van der Waals surface area contributed by atoms with Gasteiger partial charge in [0.2, 0.25) is 0 Å². The molecule has 4 unspecified atom stereocenters. The van der Waals surface area contributed by atoms with E-state index >= 15 is 0 Å². The molecule has 0 aromatic carbocycles. The van der Waals surface area contributed by atoms with Crippen LogP contribution in [0.3, 0.4) is 0 Å². The van der Waals surface area contributed by atoms with Crippen molar-refractivity contribution in [1.82, 2.24) is 4.90 Å². The van der Waals surface area contributed by atoms with Gasteiger partial charge in [-0.25, -0.2) is 0 Å². The molecule has 4 heteroatoms. The molecule has 2 rings (SSSR count). The van der Waals surface area contributed by atoms with Crippen molar-refractivity contribution in [1.29, 1.82) is 0 Å². The predicted molar refractivity (Wildman–Crippen MR) is 68.0 cm³/mol. The first-order chi connectivity index (χ1) is 8.24. The summed E-state index contributed by atoms with van der Waals surface area (Å²) in [6.45, 7) is 4.68. The third kappa shape index (κ3) is 3.19. The van der Waals surface area contributed by atoms with Crippen LogP contribution in [0.1, 0.15) is 32.6 Å². The molecule has 4 nitrogen and oxygen atoms in total. The van der Waals surface area contributed by atoms with Crippen molar-refractivity contribution >= 4 is 0 Å². The van der Waals surface area contributed by atoms with Crippen LogP contribution in [0.2, 0.25) is 0 Å². The van der Waals surface area contributed by atoms with Gasteiger partial charge in [-0.15, -0.1) is 0 Å². The molecule has 0 aromatic heterocycles. The van der Waals surface area contributed by atoms with Gasteiger partial charge >= 0.3 is 0 Å². The number of rotatable bonds is 3. The van der Waals surface area contributed by atoms with Crippen LogP contribution in [0.5, 0.6) is 0 Å². The highest BCUT2D eigenvalue weighted by Gasteiger charge is 2.33. The summed E-state index contributed by atoms with van der Waals surface area (Å²) in [6, 6.07) is 1.17. The molecule has 0 bridgehead atoms. The van der Waals surface area contributed by atoms with E-state index < -0.39 is 0 Å². The fourth-order valence-corrected chi connectivity index (χ4v) is 3.13. The summed E-state index contributed by atoms with van der Waals surface area (Å²) in [5.74, 6) is 0. The summed E-state index contributed by atoms with van der Waals surface area (Å²) in [5, 5.41) is 0. The van der Waals surface area contributed by atoms with Crippen molar-refractivity contribution in [2.45, 2.75) is 56.9 Å². The van der Waals surface area contributed by atoms with Crippen molar-refractivity contribution in [2.75, 3.05) is 26.8 Å². The fourth-order valence-electron chi connectivity index (χ4n) is 3.13. The molecule has 2 N–H and O–H groups in total. The van der Waals surface area contributed by atoms with E-state index in [-0.39, 0.29) is 6.10 Å². The highest BCUT2D eigenvalue weighted by Crippen LogP contribution is 2.28. The summed E-state index contributed by atoms with van der Waals surface area (Å²) in [6.07, 6.45) is 5.61. The third-order valence-electron chi connectivity index (χ3n) is 4.22. The van der Waals surface area contributed by atoms with Crippen molar-refractivity contribution in [3.05, 3.63) is 0 Å². The van der Waals surface area contributed by atoms with Crippen LogP contribution >= 0.6 is 0 Å². The molecule has 100 valence electrons. The highest BCUT2D eigenvalue weighted by atomic mass is 16.5.